The Balaban J connectivity index is 1.78. The van der Waals surface area contributed by atoms with Gasteiger partial charge in [0.15, 0.2) is 11.2 Å². The Kier molecular flexibility index (Phi) is 4.84. The number of rotatable bonds is 5. The number of thioether (sulfide) groups is 1. The molecule has 0 aliphatic rings. The molecule has 2 heterocycles. The van der Waals surface area contributed by atoms with Gasteiger partial charge in [-0.25, -0.2) is 9.98 Å². The van der Waals surface area contributed by atoms with Crippen LogP contribution in [0.15, 0.2) is 49.9 Å². The van der Waals surface area contributed by atoms with Gasteiger partial charge in [-0.1, -0.05) is 23.9 Å². The maximum Gasteiger partial charge on any atom is 0.320 e. The molecular formula is C16H17N5O3S. The lowest BCUT2D eigenvalue weighted by atomic mass is 10.2. The zero-order valence-corrected chi connectivity index (χ0v) is 14.9. The highest BCUT2D eigenvalue weighted by Crippen LogP contribution is 2.17. The van der Waals surface area contributed by atoms with Crippen LogP contribution in [0.2, 0.25) is 0 Å². The molecule has 130 valence electrons. The van der Waals surface area contributed by atoms with Crippen LogP contribution in [0.25, 0.3) is 10.9 Å². The topological polar surface area (TPSA) is 100 Å². The third-order valence-electron chi connectivity index (χ3n) is 3.50. The Morgan fingerprint density at radius 1 is 1.44 bits per heavy atom. The van der Waals surface area contributed by atoms with Crippen molar-refractivity contribution in [1.29, 1.82) is 0 Å². The molecule has 0 amide bonds. The molecule has 0 saturated carbocycles. The second kappa shape index (κ2) is 7.06. The minimum absolute atomic E-state index is 0.0427. The zero-order chi connectivity index (χ0) is 18.0. The summed E-state index contributed by atoms with van der Waals surface area (Å²) in [4.78, 5) is 20.6. The minimum atomic E-state index is -0.389. The second-order valence-corrected chi connectivity index (χ2v) is 6.63. The summed E-state index contributed by atoms with van der Waals surface area (Å²) in [6, 6.07) is 7.23. The Hall–Kier alpha value is -2.68. The first-order valence-corrected chi connectivity index (χ1v) is 8.65. The van der Waals surface area contributed by atoms with Crippen LogP contribution in [0.3, 0.4) is 0 Å². The smallest absolute Gasteiger partial charge is 0.320 e. The van der Waals surface area contributed by atoms with Gasteiger partial charge in [0.1, 0.15) is 0 Å². The standard InChI is InChI=1S/C16H17N5O3S/c1-10(2)21-8-14(24-19-21)18-13(22)9-25-16-17-12-7-5-4-6-11(12)15(23)20(16)3/h4-8,10H,9H2,1-3H3. The van der Waals surface area contributed by atoms with Crippen LogP contribution < -0.4 is 15.3 Å². The van der Waals surface area contributed by atoms with Crippen molar-refractivity contribution in [1.82, 2.24) is 14.8 Å². The molecular weight excluding hydrogens is 342 g/mol. The number of fused-ring (bicyclic) bond motifs is 1. The van der Waals surface area contributed by atoms with Crippen LogP contribution in [-0.4, -0.2) is 26.5 Å². The maximum absolute atomic E-state index is 12.3. The van der Waals surface area contributed by atoms with E-state index in [1.165, 1.54) is 4.57 Å². The van der Waals surface area contributed by atoms with Gasteiger partial charge in [-0.3, -0.25) is 13.9 Å². The minimum Gasteiger partial charge on any atom is -0.861 e. The third-order valence-corrected chi connectivity index (χ3v) is 4.52. The molecule has 0 aliphatic heterocycles. The van der Waals surface area contributed by atoms with E-state index in [4.69, 9.17) is 4.52 Å². The lowest BCUT2D eigenvalue weighted by Gasteiger charge is -2.11. The molecule has 0 spiro atoms. The van der Waals surface area contributed by atoms with Crippen molar-refractivity contribution in [2.75, 3.05) is 5.75 Å². The van der Waals surface area contributed by atoms with E-state index in [0.29, 0.717) is 16.1 Å². The van der Waals surface area contributed by atoms with Gasteiger partial charge in [0, 0.05) is 12.8 Å². The summed E-state index contributed by atoms with van der Waals surface area (Å²) in [5.41, 5.74) is 0.455. The van der Waals surface area contributed by atoms with Crippen molar-refractivity contribution in [2.45, 2.75) is 25.0 Å². The van der Waals surface area contributed by atoms with Crippen molar-refractivity contribution in [2.24, 2.45) is 12.0 Å². The highest BCUT2D eigenvalue weighted by molar-refractivity contribution is 7.99. The van der Waals surface area contributed by atoms with Gasteiger partial charge in [0.2, 0.25) is 5.27 Å². The fourth-order valence-corrected chi connectivity index (χ4v) is 2.91. The number of para-hydroxylation sites is 1. The molecule has 0 radical (unpaired) electrons. The van der Waals surface area contributed by atoms with Gasteiger partial charge in [0.25, 0.3) is 11.8 Å². The summed E-state index contributed by atoms with van der Waals surface area (Å²) in [6.07, 6.45) is 1.57. The molecule has 2 aromatic heterocycles. The summed E-state index contributed by atoms with van der Waals surface area (Å²) in [5, 5.41) is 16.8. The highest BCUT2D eigenvalue weighted by atomic mass is 32.2. The summed E-state index contributed by atoms with van der Waals surface area (Å²) in [6.45, 7) is 3.88. The van der Waals surface area contributed by atoms with Crippen LogP contribution in [0.4, 0.5) is 5.88 Å². The zero-order valence-electron chi connectivity index (χ0n) is 14.0. The lowest BCUT2D eigenvalue weighted by molar-refractivity contribution is -0.779. The first-order chi connectivity index (χ1) is 12.0. The van der Waals surface area contributed by atoms with Crippen molar-refractivity contribution in [3.05, 3.63) is 40.8 Å². The van der Waals surface area contributed by atoms with E-state index in [-0.39, 0.29) is 29.1 Å². The van der Waals surface area contributed by atoms with Crippen molar-refractivity contribution < 1.29 is 14.3 Å². The summed E-state index contributed by atoms with van der Waals surface area (Å²) >= 11 is 1.16. The number of hydrogen-bond acceptors (Lipinski definition) is 7. The predicted molar refractivity (Wildman–Crippen MR) is 91.9 cm³/mol. The Morgan fingerprint density at radius 2 is 2.20 bits per heavy atom. The average Bonchev–Trinajstić information content (AvgIpc) is 3.05. The first-order valence-electron chi connectivity index (χ1n) is 7.67. The largest absolute Gasteiger partial charge is 0.861 e. The molecule has 3 rings (SSSR count). The van der Waals surface area contributed by atoms with Gasteiger partial charge in [0.05, 0.1) is 10.9 Å². The van der Waals surface area contributed by atoms with Crippen LogP contribution in [0.5, 0.6) is 0 Å². The first kappa shape index (κ1) is 17.2. The fraction of sp³-hybridized carbons (Fsp3) is 0.312. The van der Waals surface area contributed by atoms with E-state index in [1.807, 2.05) is 19.9 Å². The van der Waals surface area contributed by atoms with Crippen molar-refractivity contribution in [3.63, 3.8) is 0 Å². The quantitative estimate of drug-likeness (QED) is 0.221. The van der Waals surface area contributed by atoms with Crippen LogP contribution in [-0.2, 0) is 7.05 Å². The number of nitrogens with zero attached hydrogens (tertiary/aromatic N) is 5. The van der Waals surface area contributed by atoms with Crippen LogP contribution in [0.1, 0.15) is 19.9 Å². The monoisotopic (exact) mass is 359 g/mol. The lowest BCUT2D eigenvalue weighted by Crippen LogP contribution is -2.36. The molecule has 0 saturated heterocycles. The van der Waals surface area contributed by atoms with E-state index in [9.17, 15) is 9.90 Å². The number of hydrogen-bond donors (Lipinski definition) is 0. The molecule has 8 nitrogen and oxygen atoms in total. The Bertz CT molecular complexity index is 993. The van der Waals surface area contributed by atoms with Crippen LogP contribution >= 0.6 is 11.8 Å². The van der Waals surface area contributed by atoms with Crippen molar-refractivity contribution >= 4 is 34.4 Å². The van der Waals surface area contributed by atoms with E-state index < -0.39 is 0 Å². The van der Waals surface area contributed by atoms with Crippen molar-refractivity contribution in [3.8, 4) is 0 Å². The molecule has 1 aromatic carbocycles. The molecule has 0 unspecified atom stereocenters. The van der Waals surface area contributed by atoms with E-state index in [0.717, 1.165) is 11.8 Å². The average molecular weight is 359 g/mol. The molecule has 0 N–H and O–H groups in total. The van der Waals surface area contributed by atoms with Gasteiger partial charge in [-0.2, -0.15) is 0 Å². The van der Waals surface area contributed by atoms with Crippen LogP contribution in [0, 0.1) is 0 Å². The molecule has 9 heteroatoms. The number of aromatic nitrogens is 4. The normalized spacial score (nSPS) is 12.2. The molecule has 3 aromatic rings. The Morgan fingerprint density at radius 3 is 2.92 bits per heavy atom. The van der Waals surface area contributed by atoms with Gasteiger partial charge >= 0.3 is 5.88 Å². The molecule has 0 aliphatic carbocycles. The summed E-state index contributed by atoms with van der Waals surface area (Å²) in [7, 11) is 1.63. The third kappa shape index (κ3) is 3.71. The van der Waals surface area contributed by atoms with E-state index >= 15 is 0 Å². The highest BCUT2D eigenvalue weighted by Gasteiger charge is 2.14. The van der Waals surface area contributed by atoms with Gasteiger partial charge in [-0.05, 0) is 36.6 Å². The molecule has 0 atom stereocenters. The fourth-order valence-electron chi connectivity index (χ4n) is 2.15. The SMILES string of the molecule is CC(C)[n+]1cc(/N=C(\[O-])CSc2nc3ccccc3c(=O)n2C)on1. The van der Waals surface area contributed by atoms with E-state index in [1.54, 1.807) is 36.1 Å². The Labute approximate surface area is 147 Å². The molecule has 0 bridgehead atoms. The summed E-state index contributed by atoms with van der Waals surface area (Å²) in [5.74, 6) is -0.194. The number of aliphatic imine (C=N–C) groups is 1. The maximum atomic E-state index is 12.3. The number of benzene rings is 1. The molecule has 0 fully saturated rings. The molecule has 25 heavy (non-hydrogen) atoms. The summed E-state index contributed by atoms with van der Waals surface area (Å²) < 4.78 is 8.00. The van der Waals surface area contributed by atoms with E-state index in [2.05, 4.69) is 15.2 Å². The van der Waals surface area contributed by atoms with Gasteiger partial charge in [-0.15, -0.1) is 0 Å². The predicted octanol–water partition coefficient (Wildman–Crippen LogP) is 0.973. The van der Waals surface area contributed by atoms with Gasteiger partial charge < -0.3 is 5.11 Å². The second-order valence-electron chi connectivity index (χ2n) is 5.68.